The summed E-state index contributed by atoms with van der Waals surface area (Å²) in [6, 6.07) is 12.9. The van der Waals surface area contributed by atoms with Gasteiger partial charge in [-0.1, -0.05) is 44.0 Å². The summed E-state index contributed by atoms with van der Waals surface area (Å²) in [6.07, 6.45) is 2.18. The summed E-state index contributed by atoms with van der Waals surface area (Å²) in [5, 5.41) is 7.67. The van der Waals surface area contributed by atoms with Crippen LogP contribution < -0.4 is 5.32 Å². The standard InChI is InChI=1S/C17H13Br2FN4/c18-11-3-1-2-10(6-11)15-8-16(24-17(23-15)21-9-22-24)13-7-12(19)4-5-14(13)20/h1-7,9,15-16H,8H2,(H,21,22,23)/t15-,16+/m0/s1. The molecule has 122 valence electrons. The zero-order valence-electron chi connectivity index (χ0n) is 12.5. The minimum Gasteiger partial charge on any atom is -0.348 e. The average molecular weight is 452 g/mol. The van der Waals surface area contributed by atoms with Crippen molar-refractivity contribution < 1.29 is 4.39 Å². The molecule has 0 amide bonds. The maximum Gasteiger partial charge on any atom is 0.222 e. The molecular formula is C17H13Br2FN4. The minimum absolute atomic E-state index is 0.0302. The summed E-state index contributed by atoms with van der Waals surface area (Å²) in [5.74, 6) is 0.412. The first-order valence-corrected chi connectivity index (χ1v) is 9.07. The van der Waals surface area contributed by atoms with E-state index in [0.29, 0.717) is 17.9 Å². The normalized spacial score (nSPS) is 19.6. The first kappa shape index (κ1) is 15.8. The van der Waals surface area contributed by atoms with Crippen molar-refractivity contribution in [2.75, 3.05) is 5.32 Å². The van der Waals surface area contributed by atoms with Gasteiger partial charge >= 0.3 is 0 Å². The predicted octanol–water partition coefficient (Wildman–Crippen LogP) is 5.09. The number of halogens is 3. The van der Waals surface area contributed by atoms with Crippen LogP contribution in [0.3, 0.4) is 0 Å². The number of nitrogens with one attached hydrogen (secondary N) is 1. The van der Waals surface area contributed by atoms with Gasteiger partial charge in [-0.15, -0.1) is 0 Å². The van der Waals surface area contributed by atoms with Crippen molar-refractivity contribution in [1.29, 1.82) is 0 Å². The van der Waals surface area contributed by atoms with Crippen LogP contribution in [0, 0.1) is 5.82 Å². The topological polar surface area (TPSA) is 42.7 Å². The van der Waals surface area contributed by atoms with E-state index < -0.39 is 0 Å². The molecule has 0 spiro atoms. The number of rotatable bonds is 2. The Hall–Kier alpha value is -1.73. The summed E-state index contributed by atoms with van der Waals surface area (Å²) < 4.78 is 18.0. The van der Waals surface area contributed by atoms with Crippen molar-refractivity contribution in [2.45, 2.75) is 18.5 Å². The number of benzene rings is 2. The lowest BCUT2D eigenvalue weighted by Crippen LogP contribution is -2.28. The molecule has 0 radical (unpaired) electrons. The van der Waals surface area contributed by atoms with Gasteiger partial charge in [-0.2, -0.15) is 10.1 Å². The molecule has 0 saturated carbocycles. The van der Waals surface area contributed by atoms with Crippen LogP contribution in [0.5, 0.6) is 0 Å². The lowest BCUT2D eigenvalue weighted by atomic mass is 9.93. The van der Waals surface area contributed by atoms with Gasteiger partial charge in [-0.05, 0) is 42.3 Å². The molecule has 0 fully saturated rings. The van der Waals surface area contributed by atoms with E-state index >= 15 is 0 Å². The van der Waals surface area contributed by atoms with E-state index in [2.05, 4.69) is 59.4 Å². The summed E-state index contributed by atoms with van der Waals surface area (Å²) in [7, 11) is 0. The van der Waals surface area contributed by atoms with E-state index in [1.54, 1.807) is 10.7 Å². The predicted molar refractivity (Wildman–Crippen MR) is 97.4 cm³/mol. The van der Waals surface area contributed by atoms with E-state index in [9.17, 15) is 4.39 Å². The molecule has 2 heterocycles. The monoisotopic (exact) mass is 450 g/mol. The van der Waals surface area contributed by atoms with Gasteiger partial charge in [-0.25, -0.2) is 9.07 Å². The van der Waals surface area contributed by atoms with Gasteiger partial charge in [0.25, 0.3) is 0 Å². The van der Waals surface area contributed by atoms with Crippen molar-refractivity contribution in [2.24, 2.45) is 0 Å². The molecule has 24 heavy (non-hydrogen) atoms. The third-order valence-electron chi connectivity index (χ3n) is 4.20. The Morgan fingerprint density at radius 2 is 1.96 bits per heavy atom. The molecule has 0 unspecified atom stereocenters. The second-order valence-electron chi connectivity index (χ2n) is 5.70. The average Bonchev–Trinajstić information content (AvgIpc) is 3.05. The molecule has 2 aromatic carbocycles. The van der Waals surface area contributed by atoms with Crippen molar-refractivity contribution in [3.8, 4) is 0 Å². The highest BCUT2D eigenvalue weighted by Gasteiger charge is 2.31. The SMILES string of the molecule is Fc1ccc(Br)cc1[C@H]1C[C@@H](c2cccc(Br)c2)Nc2ncnn21. The second kappa shape index (κ2) is 6.29. The third-order valence-corrected chi connectivity index (χ3v) is 5.19. The number of anilines is 1. The molecule has 4 nitrogen and oxygen atoms in total. The Morgan fingerprint density at radius 1 is 1.12 bits per heavy atom. The lowest BCUT2D eigenvalue weighted by Gasteiger charge is -2.32. The molecule has 1 aromatic heterocycles. The maximum absolute atomic E-state index is 14.4. The van der Waals surface area contributed by atoms with Crippen molar-refractivity contribution >= 4 is 37.8 Å². The quantitative estimate of drug-likeness (QED) is 0.590. The summed E-state index contributed by atoms with van der Waals surface area (Å²) >= 11 is 6.94. The van der Waals surface area contributed by atoms with Gasteiger partial charge in [0.1, 0.15) is 12.1 Å². The maximum atomic E-state index is 14.4. The van der Waals surface area contributed by atoms with Crippen LogP contribution in [-0.2, 0) is 0 Å². The molecule has 1 aliphatic heterocycles. The van der Waals surface area contributed by atoms with Crippen LogP contribution in [0.15, 0.2) is 57.7 Å². The Balaban J connectivity index is 1.78. The lowest BCUT2D eigenvalue weighted by molar-refractivity contribution is 0.415. The largest absolute Gasteiger partial charge is 0.348 e. The zero-order valence-corrected chi connectivity index (χ0v) is 15.6. The van der Waals surface area contributed by atoms with Crippen molar-refractivity contribution in [3.05, 3.63) is 74.7 Å². The Morgan fingerprint density at radius 3 is 2.79 bits per heavy atom. The van der Waals surface area contributed by atoms with E-state index in [4.69, 9.17) is 0 Å². The second-order valence-corrected chi connectivity index (χ2v) is 7.53. The molecule has 4 rings (SSSR count). The molecule has 7 heteroatoms. The van der Waals surface area contributed by atoms with Gasteiger partial charge < -0.3 is 5.32 Å². The number of nitrogens with zero attached hydrogens (tertiary/aromatic N) is 3. The van der Waals surface area contributed by atoms with E-state index in [1.165, 1.54) is 12.4 Å². The van der Waals surface area contributed by atoms with Crippen LogP contribution in [0.2, 0.25) is 0 Å². The van der Waals surface area contributed by atoms with Gasteiger partial charge in [0, 0.05) is 14.5 Å². The van der Waals surface area contributed by atoms with Crippen molar-refractivity contribution in [1.82, 2.24) is 14.8 Å². The molecule has 0 aliphatic carbocycles. The first-order chi connectivity index (χ1) is 11.6. The number of fused-ring (bicyclic) bond motifs is 1. The summed E-state index contributed by atoms with van der Waals surface area (Å²) in [6.45, 7) is 0. The highest BCUT2D eigenvalue weighted by atomic mass is 79.9. The van der Waals surface area contributed by atoms with Gasteiger partial charge in [0.15, 0.2) is 0 Å². The highest BCUT2D eigenvalue weighted by Crippen LogP contribution is 2.39. The molecule has 2 atom stereocenters. The number of hydrogen-bond acceptors (Lipinski definition) is 3. The minimum atomic E-state index is -0.237. The van der Waals surface area contributed by atoms with Crippen LogP contribution in [0.4, 0.5) is 10.3 Å². The van der Waals surface area contributed by atoms with E-state index in [0.717, 1.165) is 14.5 Å². The number of aromatic nitrogens is 3. The van der Waals surface area contributed by atoms with Gasteiger partial charge in [0.2, 0.25) is 5.95 Å². The molecular weight excluding hydrogens is 439 g/mol. The van der Waals surface area contributed by atoms with E-state index in [1.807, 2.05) is 18.2 Å². The Bertz CT molecular complexity index is 896. The van der Waals surface area contributed by atoms with Crippen molar-refractivity contribution in [3.63, 3.8) is 0 Å². The summed E-state index contributed by atoms with van der Waals surface area (Å²) in [4.78, 5) is 4.28. The number of hydrogen-bond donors (Lipinski definition) is 1. The highest BCUT2D eigenvalue weighted by molar-refractivity contribution is 9.10. The van der Waals surface area contributed by atoms with Crippen LogP contribution in [-0.4, -0.2) is 14.8 Å². The summed E-state index contributed by atoms with van der Waals surface area (Å²) in [5.41, 5.74) is 1.73. The molecule has 0 saturated heterocycles. The van der Waals surface area contributed by atoms with Gasteiger partial charge in [0.05, 0.1) is 12.1 Å². The van der Waals surface area contributed by atoms with Gasteiger partial charge in [-0.3, -0.25) is 0 Å². The third kappa shape index (κ3) is 2.86. The smallest absolute Gasteiger partial charge is 0.222 e. The zero-order chi connectivity index (χ0) is 16.7. The van der Waals surface area contributed by atoms with Crippen LogP contribution in [0.1, 0.15) is 29.6 Å². The molecule has 1 N–H and O–H groups in total. The van der Waals surface area contributed by atoms with E-state index in [-0.39, 0.29) is 17.9 Å². The molecule has 1 aliphatic rings. The fourth-order valence-electron chi connectivity index (χ4n) is 3.09. The fraction of sp³-hybridized carbons (Fsp3) is 0.176. The fourth-order valence-corrected chi connectivity index (χ4v) is 3.89. The Kier molecular flexibility index (Phi) is 4.14. The first-order valence-electron chi connectivity index (χ1n) is 7.48. The molecule has 0 bridgehead atoms. The van der Waals surface area contributed by atoms with Crippen LogP contribution >= 0.6 is 31.9 Å². The Labute approximate surface area is 155 Å². The van der Waals surface area contributed by atoms with Crippen LogP contribution in [0.25, 0.3) is 0 Å². The molecule has 3 aromatic rings.